The standard InChI is InChI=1S/C12H13N3OS/c16-12(8-1-2-8)5-15(6-12)11-10-9(3-4-17-10)13-7-14-11/h3-4,7-8,16H,1-2,5-6H2. The van der Waals surface area contributed by atoms with Crippen molar-refractivity contribution in [1.82, 2.24) is 9.97 Å². The Bertz CT molecular complexity index is 572. The van der Waals surface area contributed by atoms with Gasteiger partial charge in [-0.05, 0) is 30.2 Å². The van der Waals surface area contributed by atoms with E-state index >= 15 is 0 Å². The van der Waals surface area contributed by atoms with Crippen LogP contribution < -0.4 is 4.90 Å². The van der Waals surface area contributed by atoms with Gasteiger partial charge in [-0.25, -0.2) is 9.97 Å². The molecule has 0 spiro atoms. The third kappa shape index (κ3) is 1.39. The zero-order chi connectivity index (χ0) is 11.5. The van der Waals surface area contributed by atoms with Crippen molar-refractivity contribution in [3.8, 4) is 0 Å². The van der Waals surface area contributed by atoms with Gasteiger partial charge in [0.25, 0.3) is 0 Å². The molecule has 4 rings (SSSR count). The highest BCUT2D eigenvalue weighted by molar-refractivity contribution is 7.17. The number of hydrogen-bond donors (Lipinski definition) is 1. The fraction of sp³-hybridized carbons (Fsp3) is 0.500. The summed E-state index contributed by atoms with van der Waals surface area (Å²) >= 11 is 1.67. The second kappa shape index (κ2) is 3.17. The molecule has 2 aromatic heterocycles. The Kier molecular flexibility index (Phi) is 1.83. The van der Waals surface area contributed by atoms with Crippen LogP contribution in [0.15, 0.2) is 17.8 Å². The number of nitrogens with zero attached hydrogens (tertiary/aromatic N) is 3. The molecule has 0 bridgehead atoms. The predicted octanol–water partition coefficient (Wildman–Crippen LogP) is 1.65. The van der Waals surface area contributed by atoms with Crippen LogP contribution in [0.5, 0.6) is 0 Å². The number of anilines is 1. The van der Waals surface area contributed by atoms with Crippen molar-refractivity contribution >= 4 is 27.4 Å². The quantitative estimate of drug-likeness (QED) is 0.876. The van der Waals surface area contributed by atoms with E-state index in [4.69, 9.17) is 0 Å². The fourth-order valence-corrected chi connectivity index (χ4v) is 3.51. The molecule has 1 aliphatic heterocycles. The Morgan fingerprint density at radius 3 is 2.94 bits per heavy atom. The Balaban J connectivity index is 1.66. The number of thiophene rings is 1. The molecule has 0 radical (unpaired) electrons. The predicted molar refractivity (Wildman–Crippen MR) is 67.3 cm³/mol. The van der Waals surface area contributed by atoms with Crippen molar-refractivity contribution in [2.45, 2.75) is 18.4 Å². The number of fused-ring (bicyclic) bond motifs is 1. The summed E-state index contributed by atoms with van der Waals surface area (Å²) in [6.45, 7) is 1.45. The molecule has 1 saturated carbocycles. The minimum Gasteiger partial charge on any atom is -0.386 e. The van der Waals surface area contributed by atoms with Gasteiger partial charge < -0.3 is 10.0 Å². The van der Waals surface area contributed by atoms with Crippen LogP contribution >= 0.6 is 11.3 Å². The summed E-state index contributed by atoms with van der Waals surface area (Å²) in [6, 6.07) is 2.01. The van der Waals surface area contributed by atoms with Crippen molar-refractivity contribution in [2.24, 2.45) is 5.92 Å². The van der Waals surface area contributed by atoms with Crippen LogP contribution in [-0.4, -0.2) is 33.8 Å². The minimum atomic E-state index is -0.450. The summed E-state index contributed by atoms with van der Waals surface area (Å²) in [5.74, 6) is 1.51. The van der Waals surface area contributed by atoms with Crippen molar-refractivity contribution in [1.29, 1.82) is 0 Å². The van der Waals surface area contributed by atoms with E-state index in [1.165, 1.54) is 12.8 Å². The summed E-state index contributed by atoms with van der Waals surface area (Å²) in [5.41, 5.74) is 0.552. The maximum Gasteiger partial charge on any atom is 0.150 e. The van der Waals surface area contributed by atoms with Crippen molar-refractivity contribution in [3.05, 3.63) is 17.8 Å². The average molecular weight is 247 g/mol. The average Bonchev–Trinajstić information content (AvgIpc) is 3.03. The zero-order valence-electron chi connectivity index (χ0n) is 9.33. The molecule has 2 fully saturated rings. The van der Waals surface area contributed by atoms with Crippen LogP contribution in [0, 0.1) is 5.92 Å². The van der Waals surface area contributed by atoms with Gasteiger partial charge in [-0.2, -0.15) is 0 Å². The first-order valence-corrected chi connectivity index (χ1v) is 6.80. The minimum absolute atomic E-state index is 0.450. The lowest BCUT2D eigenvalue weighted by Crippen LogP contribution is -2.63. The second-order valence-electron chi connectivity index (χ2n) is 5.07. The van der Waals surface area contributed by atoms with Crippen LogP contribution in [0.3, 0.4) is 0 Å². The number of aliphatic hydroxyl groups is 1. The van der Waals surface area contributed by atoms with Crippen LogP contribution in [-0.2, 0) is 0 Å². The maximum absolute atomic E-state index is 10.3. The van der Waals surface area contributed by atoms with Crippen LogP contribution in [0.1, 0.15) is 12.8 Å². The topological polar surface area (TPSA) is 49.2 Å². The van der Waals surface area contributed by atoms with Crippen molar-refractivity contribution in [2.75, 3.05) is 18.0 Å². The lowest BCUT2D eigenvalue weighted by atomic mass is 9.89. The van der Waals surface area contributed by atoms with E-state index in [9.17, 15) is 5.11 Å². The molecule has 0 aromatic carbocycles. The smallest absolute Gasteiger partial charge is 0.150 e. The highest BCUT2D eigenvalue weighted by Gasteiger charge is 2.52. The molecular weight excluding hydrogens is 234 g/mol. The summed E-state index contributed by atoms with van der Waals surface area (Å²) in [6.07, 6.45) is 3.98. The van der Waals surface area contributed by atoms with E-state index in [1.54, 1.807) is 17.7 Å². The Morgan fingerprint density at radius 1 is 1.35 bits per heavy atom. The van der Waals surface area contributed by atoms with Crippen LogP contribution in [0.2, 0.25) is 0 Å². The summed E-state index contributed by atoms with van der Waals surface area (Å²) in [4.78, 5) is 10.8. The molecule has 17 heavy (non-hydrogen) atoms. The van der Waals surface area contributed by atoms with Gasteiger partial charge in [0.15, 0.2) is 0 Å². The van der Waals surface area contributed by atoms with Gasteiger partial charge in [-0.1, -0.05) is 0 Å². The molecular formula is C12H13N3OS. The van der Waals surface area contributed by atoms with Crippen LogP contribution in [0.4, 0.5) is 5.82 Å². The molecule has 3 heterocycles. The van der Waals surface area contributed by atoms with Gasteiger partial charge in [0.1, 0.15) is 17.7 Å². The van der Waals surface area contributed by atoms with E-state index in [0.29, 0.717) is 5.92 Å². The largest absolute Gasteiger partial charge is 0.386 e. The third-order valence-corrected chi connectivity index (χ3v) is 4.69. The normalized spacial score (nSPS) is 22.8. The number of β-amino-alcohol motifs (C(OH)–C–C–N with tert-alkyl or cyclic N) is 1. The fourth-order valence-electron chi connectivity index (χ4n) is 2.64. The molecule has 1 aliphatic carbocycles. The van der Waals surface area contributed by atoms with Gasteiger partial charge in [-0.3, -0.25) is 0 Å². The number of aromatic nitrogens is 2. The van der Waals surface area contributed by atoms with Crippen LogP contribution in [0.25, 0.3) is 10.2 Å². The maximum atomic E-state index is 10.3. The molecule has 2 aliphatic rings. The van der Waals surface area contributed by atoms with Gasteiger partial charge in [0, 0.05) is 0 Å². The summed E-state index contributed by atoms with van der Waals surface area (Å²) < 4.78 is 1.13. The van der Waals surface area contributed by atoms with Gasteiger partial charge in [0.05, 0.1) is 23.3 Å². The molecule has 1 N–H and O–H groups in total. The highest BCUT2D eigenvalue weighted by atomic mass is 32.1. The molecule has 0 atom stereocenters. The molecule has 5 heteroatoms. The monoisotopic (exact) mass is 247 g/mol. The first kappa shape index (κ1) is 9.79. The van der Waals surface area contributed by atoms with E-state index in [1.807, 2.05) is 11.4 Å². The molecule has 0 amide bonds. The highest BCUT2D eigenvalue weighted by Crippen LogP contribution is 2.46. The molecule has 88 valence electrons. The third-order valence-electron chi connectivity index (χ3n) is 3.79. The molecule has 2 aromatic rings. The van der Waals surface area contributed by atoms with Crippen molar-refractivity contribution < 1.29 is 5.11 Å². The first-order valence-electron chi connectivity index (χ1n) is 5.92. The van der Waals surface area contributed by atoms with Gasteiger partial charge in [-0.15, -0.1) is 11.3 Å². The first-order chi connectivity index (χ1) is 8.26. The summed E-state index contributed by atoms with van der Waals surface area (Å²) in [5, 5.41) is 12.4. The van der Waals surface area contributed by atoms with Crippen molar-refractivity contribution in [3.63, 3.8) is 0 Å². The molecule has 4 nitrogen and oxygen atoms in total. The number of hydrogen-bond acceptors (Lipinski definition) is 5. The summed E-state index contributed by atoms with van der Waals surface area (Å²) in [7, 11) is 0. The zero-order valence-corrected chi connectivity index (χ0v) is 10.2. The Morgan fingerprint density at radius 2 is 2.18 bits per heavy atom. The van der Waals surface area contributed by atoms with E-state index in [0.717, 1.165) is 29.1 Å². The molecule has 0 unspecified atom stereocenters. The molecule has 1 saturated heterocycles. The van der Waals surface area contributed by atoms with E-state index in [2.05, 4.69) is 14.9 Å². The Labute approximate surface area is 103 Å². The van der Waals surface area contributed by atoms with Gasteiger partial charge >= 0.3 is 0 Å². The second-order valence-corrected chi connectivity index (χ2v) is 5.98. The SMILES string of the molecule is OC1(C2CC2)CN(c2ncnc3ccsc23)C1. The lowest BCUT2D eigenvalue weighted by Gasteiger charge is -2.47. The van der Waals surface area contributed by atoms with Gasteiger partial charge in [0.2, 0.25) is 0 Å². The number of rotatable bonds is 2. The van der Waals surface area contributed by atoms with E-state index < -0.39 is 5.60 Å². The Hall–Kier alpha value is -1.20. The van der Waals surface area contributed by atoms with E-state index in [-0.39, 0.29) is 0 Å². The lowest BCUT2D eigenvalue weighted by molar-refractivity contribution is -0.00956.